The molecule has 0 saturated carbocycles. The SMILES string of the molecule is CCCCN(CCNC(=O)C(C)C)CCC1CN(c2cnc3c(C(F)(F)F)nn([C@H](C)c4ccc(Cl)cc4Cl)c3n2)C1. The molecule has 1 aliphatic heterocycles. The Kier molecular flexibility index (Phi) is 10.6. The van der Waals surface area contributed by atoms with E-state index >= 15 is 0 Å². The number of rotatable bonds is 13. The van der Waals surface area contributed by atoms with Crippen LogP contribution in [0.1, 0.15) is 64.3 Å². The molecule has 13 heteroatoms. The average Bonchev–Trinajstić information content (AvgIpc) is 3.29. The van der Waals surface area contributed by atoms with Crippen LogP contribution in [0.15, 0.2) is 24.4 Å². The van der Waals surface area contributed by atoms with Gasteiger partial charge in [-0.05, 0) is 56.5 Å². The third kappa shape index (κ3) is 7.65. The Morgan fingerprint density at radius 2 is 1.90 bits per heavy atom. The topological polar surface area (TPSA) is 79.2 Å². The van der Waals surface area contributed by atoms with Crippen molar-refractivity contribution < 1.29 is 18.0 Å². The molecule has 3 aromatic rings. The van der Waals surface area contributed by atoms with Gasteiger partial charge < -0.3 is 15.1 Å². The first-order valence-corrected chi connectivity index (χ1v) is 15.2. The van der Waals surface area contributed by atoms with Crippen LogP contribution < -0.4 is 10.2 Å². The van der Waals surface area contributed by atoms with Gasteiger partial charge in [0.25, 0.3) is 0 Å². The van der Waals surface area contributed by atoms with E-state index in [0.717, 1.165) is 52.0 Å². The summed E-state index contributed by atoms with van der Waals surface area (Å²) in [5.74, 6) is 0.976. The highest BCUT2D eigenvalue weighted by Crippen LogP contribution is 2.37. The second kappa shape index (κ2) is 13.8. The Hall–Kier alpha value is -2.63. The number of alkyl halides is 3. The number of unbranched alkanes of at least 4 members (excludes halogenated alkanes) is 1. The van der Waals surface area contributed by atoms with Crippen LogP contribution in [0.25, 0.3) is 11.2 Å². The van der Waals surface area contributed by atoms with Gasteiger partial charge in [0.05, 0.1) is 12.2 Å². The number of nitrogens with zero attached hydrogens (tertiary/aromatic N) is 6. The summed E-state index contributed by atoms with van der Waals surface area (Å²) in [4.78, 5) is 25.1. The van der Waals surface area contributed by atoms with E-state index in [1.165, 1.54) is 10.9 Å². The van der Waals surface area contributed by atoms with E-state index in [4.69, 9.17) is 23.2 Å². The lowest BCUT2D eigenvalue weighted by Gasteiger charge is -2.41. The molecule has 8 nitrogen and oxygen atoms in total. The van der Waals surface area contributed by atoms with Crippen molar-refractivity contribution >= 4 is 46.1 Å². The predicted octanol–water partition coefficient (Wildman–Crippen LogP) is 6.46. The average molecular weight is 629 g/mol. The number of hydrogen-bond acceptors (Lipinski definition) is 6. The molecular weight excluding hydrogens is 590 g/mol. The van der Waals surface area contributed by atoms with Crippen molar-refractivity contribution in [1.82, 2.24) is 30.0 Å². The Morgan fingerprint density at radius 3 is 2.55 bits per heavy atom. The summed E-state index contributed by atoms with van der Waals surface area (Å²) in [7, 11) is 0. The summed E-state index contributed by atoms with van der Waals surface area (Å²) in [6.07, 6.45) is -0.117. The molecule has 0 spiro atoms. The van der Waals surface area contributed by atoms with E-state index in [2.05, 4.69) is 32.2 Å². The molecule has 0 aliphatic carbocycles. The van der Waals surface area contributed by atoms with Crippen LogP contribution in [0.2, 0.25) is 10.0 Å². The van der Waals surface area contributed by atoms with Crippen molar-refractivity contribution in [1.29, 1.82) is 0 Å². The summed E-state index contributed by atoms with van der Waals surface area (Å²) in [5.41, 5.74) is -0.745. The van der Waals surface area contributed by atoms with E-state index in [-0.39, 0.29) is 23.0 Å². The van der Waals surface area contributed by atoms with E-state index in [0.29, 0.717) is 33.9 Å². The Labute approximate surface area is 254 Å². The Bertz CT molecular complexity index is 1380. The van der Waals surface area contributed by atoms with Crippen LogP contribution in [0.4, 0.5) is 19.0 Å². The highest BCUT2D eigenvalue weighted by molar-refractivity contribution is 6.35. The fraction of sp³-hybridized carbons (Fsp3) is 0.586. The van der Waals surface area contributed by atoms with Gasteiger partial charge >= 0.3 is 6.18 Å². The third-order valence-corrected chi connectivity index (χ3v) is 8.22. The number of nitrogens with one attached hydrogen (secondary N) is 1. The smallest absolute Gasteiger partial charge is 0.355 e. The van der Waals surface area contributed by atoms with Gasteiger partial charge in [0, 0.05) is 42.1 Å². The zero-order valence-corrected chi connectivity index (χ0v) is 25.9. The second-order valence-corrected chi connectivity index (χ2v) is 12.1. The lowest BCUT2D eigenvalue weighted by molar-refractivity contribution is -0.140. The van der Waals surface area contributed by atoms with Gasteiger partial charge in [-0.1, -0.05) is 56.5 Å². The molecule has 1 fully saturated rings. The molecule has 0 bridgehead atoms. The van der Waals surface area contributed by atoms with Crippen molar-refractivity contribution in [3.63, 3.8) is 0 Å². The highest BCUT2D eigenvalue weighted by atomic mass is 35.5. The maximum atomic E-state index is 13.9. The van der Waals surface area contributed by atoms with Gasteiger partial charge in [-0.15, -0.1) is 0 Å². The standard InChI is InChI=1S/C29H38Cl2F3N7O/c1-5-6-11-39(13-10-35-28(42)18(2)3)12-9-20-16-40(17-20)24-15-36-25-26(29(32,33)34)38-41(27(25)37-24)19(4)22-8-7-21(30)14-23(22)31/h7-8,14-15,18-20H,5-6,9-13,16-17H2,1-4H3,(H,35,42)/t19-/m1/s1. The number of carbonyl (C=O) groups is 1. The molecule has 1 atom stereocenters. The van der Waals surface area contributed by atoms with Crippen LogP contribution in [0, 0.1) is 11.8 Å². The predicted molar refractivity (Wildman–Crippen MR) is 160 cm³/mol. The van der Waals surface area contributed by atoms with E-state index in [9.17, 15) is 18.0 Å². The van der Waals surface area contributed by atoms with Crippen molar-refractivity contribution in [3.8, 4) is 0 Å². The summed E-state index contributed by atoms with van der Waals surface area (Å²) in [6, 6.07) is 4.22. The lowest BCUT2D eigenvalue weighted by Crippen LogP contribution is -2.48. The molecule has 230 valence electrons. The molecular formula is C29H38Cl2F3N7O. The number of hydrogen-bond donors (Lipinski definition) is 1. The minimum atomic E-state index is -4.69. The maximum Gasteiger partial charge on any atom is 0.437 e. The quantitative estimate of drug-likeness (QED) is 0.234. The Balaban J connectivity index is 1.45. The second-order valence-electron chi connectivity index (χ2n) is 11.2. The minimum Gasteiger partial charge on any atom is -0.355 e. The molecule has 42 heavy (non-hydrogen) atoms. The highest BCUT2D eigenvalue weighted by Gasteiger charge is 2.39. The molecule has 2 aromatic heterocycles. The van der Waals surface area contributed by atoms with Crippen molar-refractivity contribution in [2.24, 2.45) is 11.8 Å². The van der Waals surface area contributed by atoms with Gasteiger partial charge in [0.2, 0.25) is 5.91 Å². The molecule has 1 aliphatic rings. The maximum absolute atomic E-state index is 13.9. The summed E-state index contributed by atoms with van der Waals surface area (Å²) < 4.78 is 42.9. The summed E-state index contributed by atoms with van der Waals surface area (Å²) in [5, 5.41) is 7.65. The van der Waals surface area contributed by atoms with Crippen LogP contribution in [-0.4, -0.2) is 69.8 Å². The summed E-state index contributed by atoms with van der Waals surface area (Å²) in [6.45, 7) is 12.5. The number of carbonyl (C=O) groups excluding carboxylic acids is 1. The molecule has 1 amide bonds. The first-order chi connectivity index (χ1) is 19.9. The van der Waals surface area contributed by atoms with Crippen LogP contribution in [0.3, 0.4) is 0 Å². The van der Waals surface area contributed by atoms with Crippen LogP contribution in [-0.2, 0) is 11.0 Å². The molecule has 3 heterocycles. The molecule has 0 radical (unpaired) electrons. The van der Waals surface area contributed by atoms with Gasteiger partial charge in [-0.2, -0.15) is 18.3 Å². The number of aromatic nitrogens is 4. The number of benzene rings is 1. The largest absolute Gasteiger partial charge is 0.437 e. The van der Waals surface area contributed by atoms with E-state index < -0.39 is 17.9 Å². The molecule has 1 saturated heterocycles. The normalized spacial score (nSPS) is 15.1. The van der Waals surface area contributed by atoms with Crippen molar-refractivity contribution in [3.05, 3.63) is 45.7 Å². The number of halogens is 5. The molecule has 1 N–H and O–H groups in total. The van der Waals surface area contributed by atoms with Crippen molar-refractivity contribution in [2.75, 3.05) is 44.2 Å². The zero-order valence-electron chi connectivity index (χ0n) is 24.4. The Morgan fingerprint density at radius 1 is 1.17 bits per heavy atom. The number of fused-ring (bicyclic) bond motifs is 1. The van der Waals surface area contributed by atoms with Crippen LogP contribution in [0.5, 0.6) is 0 Å². The monoisotopic (exact) mass is 627 g/mol. The lowest BCUT2D eigenvalue weighted by atomic mass is 9.96. The molecule has 0 unspecified atom stereocenters. The van der Waals surface area contributed by atoms with E-state index in [1.807, 2.05) is 18.7 Å². The third-order valence-electron chi connectivity index (χ3n) is 7.65. The minimum absolute atomic E-state index is 0.0329. The molecule has 1 aromatic carbocycles. The first-order valence-electron chi connectivity index (χ1n) is 14.4. The first kappa shape index (κ1) is 32.3. The van der Waals surface area contributed by atoms with Crippen molar-refractivity contribution in [2.45, 2.75) is 59.2 Å². The molecule has 4 rings (SSSR count). The fourth-order valence-corrected chi connectivity index (χ4v) is 5.61. The van der Waals surface area contributed by atoms with Gasteiger partial charge in [-0.3, -0.25) is 4.79 Å². The zero-order chi connectivity index (χ0) is 30.6. The van der Waals surface area contributed by atoms with Gasteiger partial charge in [0.1, 0.15) is 11.3 Å². The fourth-order valence-electron chi connectivity index (χ4n) is 5.05. The number of anilines is 1. The van der Waals surface area contributed by atoms with Gasteiger partial charge in [0.15, 0.2) is 11.3 Å². The summed E-state index contributed by atoms with van der Waals surface area (Å²) >= 11 is 12.4. The van der Waals surface area contributed by atoms with Gasteiger partial charge in [-0.25, -0.2) is 14.6 Å². The number of amides is 1. The van der Waals surface area contributed by atoms with E-state index in [1.54, 1.807) is 25.1 Å². The van der Waals surface area contributed by atoms with Crippen LogP contribution >= 0.6 is 23.2 Å².